The van der Waals surface area contributed by atoms with E-state index >= 15 is 0 Å². The van der Waals surface area contributed by atoms with Crippen LogP contribution in [-0.4, -0.2) is 50.5 Å². The topological polar surface area (TPSA) is 67.8 Å². The van der Waals surface area contributed by atoms with Crippen molar-refractivity contribution in [1.29, 1.82) is 0 Å². The second-order valence-corrected chi connectivity index (χ2v) is 7.87. The van der Waals surface area contributed by atoms with Crippen molar-refractivity contribution in [2.24, 2.45) is 10.9 Å². The van der Waals surface area contributed by atoms with Gasteiger partial charge in [0, 0.05) is 44.9 Å². The number of hydrogen-bond acceptors (Lipinski definition) is 5. The normalized spacial score (nSPS) is 16.2. The maximum atomic E-state index is 5.81. The summed E-state index contributed by atoms with van der Waals surface area (Å²) in [5.41, 5.74) is 1.15. The first kappa shape index (κ1) is 21.1. The number of nitrogens with zero attached hydrogens (tertiary/aromatic N) is 2. The molecule has 148 valence electrons. The summed E-state index contributed by atoms with van der Waals surface area (Å²) < 4.78 is 11.2. The van der Waals surface area contributed by atoms with E-state index in [2.05, 4.69) is 46.8 Å². The number of thiazole rings is 1. The Bertz CT molecular complexity index is 527. The highest BCUT2D eigenvalue weighted by Gasteiger charge is 2.13. The van der Waals surface area contributed by atoms with Gasteiger partial charge in [0.25, 0.3) is 0 Å². The molecule has 1 aliphatic rings. The lowest BCUT2D eigenvalue weighted by molar-refractivity contribution is 0.0203. The first-order valence-electron chi connectivity index (χ1n) is 9.81. The van der Waals surface area contributed by atoms with Crippen molar-refractivity contribution >= 4 is 17.3 Å². The van der Waals surface area contributed by atoms with Crippen LogP contribution < -0.4 is 10.6 Å². The number of nitrogens with one attached hydrogen (secondary N) is 2. The predicted molar refractivity (Wildman–Crippen MR) is 108 cm³/mol. The van der Waals surface area contributed by atoms with Gasteiger partial charge in [0.05, 0.1) is 12.2 Å². The Hall–Kier alpha value is -1.18. The summed E-state index contributed by atoms with van der Waals surface area (Å²) in [6, 6.07) is 0. The molecule has 26 heavy (non-hydrogen) atoms. The van der Waals surface area contributed by atoms with Gasteiger partial charge in [0.1, 0.15) is 5.01 Å². The number of aliphatic imine (C=N–C) groups is 1. The second-order valence-electron chi connectivity index (χ2n) is 6.93. The minimum absolute atomic E-state index is 0.469. The third-order valence-electron chi connectivity index (χ3n) is 4.33. The maximum absolute atomic E-state index is 5.81. The van der Waals surface area contributed by atoms with Crippen molar-refractivity contribution in [3.8, 4) is 0 Å². The lowest BCUT2D eigenvalue weighted by Crippen LogP contribution is -2.38. The molecule has 1 aromatic heterocycles. The largest absolute Gasteiger partial charge is 0.381 e. The van der Waals surface area contributed by atoms with Gasteiger partial charge in [-0.25, -0.2) is 9.98 Å². The van der Waals surface area contributed by atoms with Crippen LogP contribution in [-0.2, 0) is 16.0 Å². The highest BCUT2D eigenvalue weighted by atomic mass is 32.1. The van der Waals surface area contributed by atoms with Crippen LogP contribution in [0.15, 0.2) is 10.4 Å². The molecule has 0 amide bonds. The smallest absolute Gasteiger partial charge is 0.191 e. The molecule has 0 aromatic carbocycles. The molecule has 0 radical (unpaired) electrons. The highest BCUT2D eigenvalue weighted by molar-refractivity contribution is 7.09. The van der Waals surface area contributed by atoms with Crippen molar-refractivity contribution in [2.45, 2.75) is 52.5 Å². The molecule has 1 saturated heterocycles. The van der Waals surface area contributed by atoms with Gasteiger partial charge in [-0.1, -0.05) is 13.8 Å². The Balaban J connectivity index is 1.63. The van der Waals surface area contributed by atoms with Crippen molar-refractivity contribution in [3.05, 3.63) is 16.1 Å². The summed E-state index contributed by atoms with van der Waals surface area (Å²) in [6.45, 7) is 12.1. The number of guanidine groups is 1. The summed E-state index contributed by atoms with van der Waals surface area (Å²) in [7, 11) is 0. The molecule has 0 saturated carbocycles. The van der Waals surface area contributed by atoms with Crippen molar-refractivity contribution in [1.82, 2.24) is 15.6 Å². The molecule has 0 bridgehead atoms. The summed E-state index contributed by atoms with van der Waals surface area (Å²) in [6.07, 6.45) is 3.23. The van der Waals surface area contributed by atoms with E-state index in [0.717, 1.165) is 75.4 Å². The third-order valence-corrected chi connectivity index (χ3v) is 5.18. The number of rotatable bonds is 10. The Kier molecular flexibility index (Phi) is 9.95. The minimum Gasteiger partial charge on any atom is -0.381 e. The molecule has 0 atom stereocenters. The number of hydrogen-bond donors (Lipinski definition) is 2. The lowest BCUT2D eigenvalue weighted by atomic mass is 10.0. The summed E-state index contributed by atoms with van der Waals surface area (Å²) in [4.78, 5) is 9.27. The van der Waals surface area contributed by atoms with Crippen LogP contribution in [0.2, 0.25) is 0 Å². The molecular formula is C19H34N4O2S. The van der Waals surface area contributed by atoms with Crippen LogP contribution in [0, 0.1) is 5.92 Å². The van der Waals surface area contributed by atoms with Crippen LogP contribution in [0.4, 0.5) is 0 Å². The lowest BCUT2D eigenvalue weighted by Gasteiger charge is -2.21. The standard InChI is InChI=1S/C19H34N4O2S/c1-4-20-19(22-12-18-23-17(14-26-18)15(2)3)21-8-5-9-25-13-16-6-10-24-11-7-16/h14-16H,4-13H2,1-3H3,(H2,20,21,22). The molecule has 2 heterocycles. The summed E-state index contributed by atoms with van der Waals surface area (Å²) in [5, 5.41) is 9.85. The van der Waals surface area contributed by atoms with Gasteiger partial charge in [-0.2, -0.15) is 0 Å². The minimum atomic E-state index is 0.469. The zero-order valence-corrected chi connectivity index (χ0v) is 17.2. The van der Waals surface area contributed by atoms with E-state index in [-0.39, 0.29) is 0 Å². The Labute approximate surface area is 161 Å². The van der Waals surface area contributed by atoms with Crippen LogP contribution in [0.5, 0.6) is 0 Å². The van der Waals surface area contributed by atoms with E-state index in [1.165, 1.54) is 0 Å². The molecule has 0 spiro atoms. The molecule has 6 nitrogen and oxygen atoms in total. The maximum Gasteiger partial charge on any atom is 0.191 e. The molecule has 2 N–H and O–H groups in total. The van der Waals surface area contributed by atoms with Gasteiger partial charge in [0.15, 0.2) is 5.96 Å². The fraction of sp³-hybridized carbons (Fsp3) is 0.789. The van der Waals surface area contributed by atoms with E-state index in [0.29, 0.717) is 18.4 Å². The quantitative estimate of drug-likeness (QED) is 0.370. The van der Waals surface area contributed by atoms with Crippen molar-refractivity contribution in [3.63, 3.8) is 0 Å². The molecule has 1 aliphatic heterocycles. The van der Waals surface area contributed by atoms with E-state index in [1.54, 1.807) is 11.3 Å². The number of aromatic nitrogens is 1. The van der Waals surface area contributed by atoms with E-state index < -0.39 is 0 Å². The molecule has 0 unspecified atom stereocenters. The van der Waals surface area contributed by atoms with E-state index in [1.807, 2.05) is 0 Å². The average molecular weight is 383 g/mol. The molecular weight excluding hydrogens is 348 g/mol. The zero-order valence-electron chi connectivity index (χ0n) is 16.4. The van der Waals surface area contributed by atoms with Gasteiger partial charge in [-0.3, -0.25) is 0 Å². The molecule has 1 aromatic rings. The van der Waals surface area contributed by atoms with Gasteiger partial charge in [0.2, 0.25) is 0 Å². The second kappa shape index (κ2) is 12.3. The van der Waals surface area contributed by atoms with Crippen molar-refractivity contribution in [2.75, 3.05) is 39.5 Å². The van der Waals surface area contributed by atoms with E-state index in [4.69, 9.17) is 9.47 Å². The first-order chi connectivity index (χ1) is 12.7. The van der Waals surface area contributed by atoms with Crippen molar-refractivity contribution < 1.29 is 9.47 Å². The van der Waals surface area contributed by atoms with Gasteiger partial charge >= 0.3 is 0 Å². The van der Waals surface area contributed by atoms with Crippen LogP contribution in [0.25, 0.3) is 0 Å². The van der Waals surface area contributed by atoms with E-state index in [9.17, 15) is 0 Å². The summed E-state index contributed by atoms with van der Waals surface area (Å²) >= 11 is 1.68. The Morgan fingerprint density at radius 3 is 2.88 bits per heavy atom. The van der Waals surface area contributed by atoms with Crippen LogP contribution in [0.1, 0.15) is 56.7 Å². The Morgan fingerprint density at radius 1 is 1.38 bits per heavy atom. The fourth-order valence-corrected chi connectivity index (χ4v) is 3.57. The SMILES string of the molecule is CCNC(=NCc1nc(C(C)C)cs1)NCCCOCC1CCOCC1. The zero-order chi connectivity index (χ0) is 18.6. The molecule has 0 aliphatic carbocycles. The first-order valence-corrected chi connectivity index (χ1v) is 10.7. The Morgan fingerprint density at radius 2 is 2.19 bits per heavy atom. The van der Waals surface area contributed by atoms with Crippen LogP contribution in [0.3, 0.4) is 0 Å². The van der Waals surface area contributed by atoms with Crippen LogP contribution >= 0.6 is 11.3 Å². The predicted octanol–water partition coefficient (Wildman–Crippen LogP) is 3.15. The summed E-state index contributed by atoms with van der Waals surface area (Å²) in [5.74, 6) is 1.99. The average Bonchev–Trinajstić information content (AvgIpc) is 3.12. The molecule has 2 rings (SSSR count). The van der Waals surface area contributed by atoms with Gasteiger partial charge in [-0.05, 0) is 38.0 Å². The molecule has 1 fully saturated rings. The third kappa shape index (κ3) is 8.01. The number of ether oxygens (including phenoxy) is 2. The molecule has 7 heteroatoms. The fourth-order valence-electron chi connectivity index (χ4n) is 2.70. The highest BCUT2D eigenvalue weighted by Crippen LogP contribution is 2.18. The monoisotopic (exact) mass is 382 g/mol. The van der Waals surface area contributed by atoms with Gasteiger partial charge in [-0.15, -0.1) is 11.3 Å². The van der Waals surface area contributed by atoms with Gasteiger partial charge < -0.3 is 20.1 Å².